The molecule has 2 aliphatic rings. The van der Waals surface area contributed by atoms with Gasteiger partial charge in [0.2, 0.25) is 0 Å². The summed E-state index contributed by atoms with van der Waals surface area (Å²) < 4.78 is 10.1. The maximum absolute atomic E-state index is 14.5. The Labute approximate surface area is 259 Å². The van der Waals surface area contributed by atoms with Gasteiger partial charge >= 0.3 is 5.97 Å². The molecular formula is C35H44N6O3. The van der Waals surface area contributed by atoms with Gasteiger partial charge in [0.25, 0.3) is 5.56 Å². The highest BCUT2D eigenvalue weighted by molar-refractivity contribution is 5.80. The van der Waals surface area contributed by atoms with E-state index in [4.69, 9.17) is 4.74 Å². The van der Waals surface area contributed by atoms with Crippen LogP contribution in [0.3, 0.4) is 0 Å². The van der Waals surface area contributed by atoms with E-state index < -0.39 is 5.41 Å². The van der Waals surface area contributed by atoms with E-state index in [2.05, 4.69) is 62.6 Å². The first-order valence-corrected chi connectivity index (χ1v) is 16.4. The van der Waals surface area contributed by atoms with Gasteiger partial charge in [0.1, 0.15) is 0 Å². The van der Waals surface area contributed by atoms with Crippen molar-refractivity contribution in [3.05, 3.63) is 75.7 Å². The fourth-order valence-corrected chi connectivity index (χ4v) is 7.49. The van der Waals surface area contributed by atoms with E-state index in [0.29, 0.717) is 12.2 Å². The minimum absolute atomic E-state index is 0.0651. The summed E-state index contributed by atoms with van der Waals surface area (Å²) in [7, 11) is 0. The number of hydrogen-bond acceptors (Lipinski definition) is 6. The Morgan fingerprint density at radius 3 is 2.48 bits per heavy atom. The molecule has 232 valence electrons. The Morgan fingerprint density at radius 2 is 1.80 bits per heavy atom. The number of ether oxygens (including phenoxy) is 1. The van der Waals surface area contributed by atoms with Crippen LogP contribution in [0.4, 0.5) is 0 Å². The Hall–Kier alpha value is -4.01. The van der Waals surface area contributed by atoms with E-state index in [-0.39, 0.29) is 23.7 Å². The summed E-state index contributed by atoms with van der Waals surface area (Å²) in [5, 5.41) is 14.5. The molecule has 1 aliphatic heterocycles. The van der Waals surface area contributed by atoms with Crippen molar-refractivity contribution in [2.75, 3.05) is 0 Å². The van der Waals surface area contributed by atoms with E-state index in [9.17, 15) is 9.59 Å². The van der Waals surface area contributed by atoms with Crippen LogP contribution in [-0.2, 0) is 28.9 Å². The van der Waals surface area contributed by atoms with Crippen LogP contribution in [-0.4, -0.2) is 42.1 Å². The third kappa shape index (κ3) is 5.64. The summed E-state index contributed by atoms with van der Waals surface area (Å²) in [4.78, 5) is 28.3. The highest BCUT2D eigenvalue weighted by atomic mass is 16.5. The number of hydrogen-bond donors (Lipinski definition) is 1. The molecule has 9 heteroatoms. The monoisotopic (exact) mass is 596 g/mol. The number of fused-ring (bicyclic) bond motifs is 1. The van der Waals surface area contributed by atoms with E-state index in [1.165, 1.54) is 0 Å². The van der Waals surface area contributed by atoms with Gasteiger partial charge in [-0.1, -0.05) is 81.1 Å². The number of aromatic amines is 1. The molecule has 2 aromatic carbocycles. The number of tetrazole rings is 1. The first-order chi connectivity index (χ1) is 21.4. The first kappa shape index (κ1) is 30.0. The molecule has 44 heavy (non-hydrogen) atoms. The van der Waals surface area contributed by atoms with Gasteiger partial charge < -0.3 is 4.74 Å². The van der Waals surface area contributed by atoms with Crippen LogP contribution in [0.5, 0.6) is 0 Å². The van der Waals surface area contributed by atoms with Crippen LogP contribution in [0.2, 0.25) is 0 Å². The van der Waals surface area contributed by atoms with Crippen molar-refractivity contribution in [2.45, 2.75) is 110 Å². The molecule has 3 heterocycles. The maximum atomic E-state index is 14.5. The molecule has 0 spiro atoms. The quantitative estimate of drug-likeness (QED) is 0.205. The van der Waals surface area contributed by atoms with Crippen molar-refractivity contribution >= 4 is 5.97 Å². The van der Waals surface area contributed by atoms with E-state index in [1.54, 1.807) is 0 Å². The fourth-order valence-electron chi connectivity index (χ4n) is 7.49. The molecule has 0 amide bonds. The van der Waals surface area contributed by atoms with Crippen LogP contribution >= 0.6 is 0 Å². The number of nitrogens with zero attached hydrogens (tertiary/aromatic N) is 5. The highest BCUT2D eigenvalue weighted by Crippen LogP contribution is 2.49. The average Bonchev–Trinajstić information content (AvgIpc) is 3.67. The van der Waals surface area contributed by atoms with Gasteiger partial charge in [-0.2, -0.15) is 0 Å². The fraction of sp³-hybridized carbons (Fsp3) is 0.514. The predicted octanol–water partition coefficient (Wildman–Crippen LogP) is 6.67. The molecule has 1 aliphatic carbocycles. The van der Waals surface area contributed by atoms with Crippen LogP contribution in [0.15, 0.2) is 53.3 Å². The zero-order valence-electron chi connectivity index (χ0n) is 26.2. The second-order valence-corrected chi connectivity index (χ2v) is 12.8. The summed E-state index contributed by atoms with van der Waals surface area (Å²) in [6, 6.07) is 16.3. The molecule has 4 aromatic rings. The first-order valence-electron chi connectivity index (χ1n) is 16.4. The van der Waals surface area contributed by atoms with E-state index in [1.807, 2.05) is 36.7 Å². The number of unbranched alkanes of at least 4 members (excludes halogenated alkanes) is 1. The van der Waals surface area contributed by atoms with Crippen molar-refractivity contribution in [1.82, 2.24) is 30.0 Å². The van der Waals surface area contributed by atoms with Gasteiger partial charge in [0.05, 0.1) is 17.6 Å². The Morgan fingerprint density at radius 1 is 1.05 bits per heavy atom. The number of esters is 1. The zero-order valence-corrected chi connectivity index (χ0v) is 26.2. The molecule has 2 aromatic heterocycles. The number of H-pyrrole nitrogens is 1. The largest absolute Gasteiger partial charge is 0.462 e. The van der Waals surface area contributed by atoms with Gasteiger partial charge in [-0.05, 0) is 79.5 Å². The van der Waals surface area contributed by atoms with Crippen molar-refractivity contribution in [1.29, 1.82) is 0 Å². The number of benzene rings is 2. The number of nitrogens with one attached hydrogen (secondary N) is 1. The van der Waals surface area contributed by atoms with Crippen LogP contribution in [0.1, 0.15) is 101 Å². The number of aromatic nitrogens is 6. The Kier molecular flexibility index (Phi) is 8.82. The molecule has 9 nitrogen and oxygen atoms in total. The molecule has 1 N–H and O–H groups in total. The van der Waals surface area contributed by atoms with E-state index >= 15 is 0 Å². The van der Waals surface area contributed by atoms with Gasteiger partial charge in [-0.15, -0.1) is 5.10 Å². The lowest BCUT2D eigenvalue weighted by molar-refractivity contribution is -0.167. The van der Waals surface area contributed by atoms with Gasteiger partial charge in [0, 0.05) is 29.8 Å². The second-order valence-electron chi connectivity index (χ2n) is 12.8. The lowest BCUT2D eigenvalue weighted by atomic mass is 9.67. The summed E-state index contributed by atoms with van der Waals surface area (Å²) in [5.41, 5.74) is 5.55. The minimum Gasteiger partial charge on any atom is -0.462 e. The highest BCUT2D eigenvalue weighted by Gasteiger charge is 2.51. The molecule has 6 rings (SSSR count). The maximum Gasteiger partial charge on any atom is 0.314 e. The second kappa shape index (κ2) is 12.9. The molecule has 1 fully saturated rings. The van der Waals surface area contributed by atoms with Crippen LogP contribution in [0.25, 0.3) is 22.5 Å². The summed E-state index contributed by atoms with van der Waals surface area (Å²) >= 11 is 0. The van der Waals surface area contributed by atoms with Crippen LogP contribution in [0, 0.1) is 5.41 Å². The molecule has 1 unspecified atom stereocenters. The topological polar surface area (TPSA) is 108 Å². The SMILES string of the molecule is CCCCc1c(Cc2ccc(-c3ccccc3-c3nnn[nH]3)cc2)c(=O)n2n1CCCC2C1(C(=O)OC(C)C)CCCCC1. The zero-order chi connectivity index (χ0) is 30.7. The van der Waals surface area contributed by atoms with Crippen LogP contribution < -0.4 is 5.56 Å². The lowest BCUT2D eigenvalue weighted by Gasteiger charge is -2.44. The molecule has 0 bridgehead atoms. The standard InChI is InChI=1S/C35H44N6O3/c1-4-5-14-30-29(23-25-16-18-26(19-17-25)27-12-7-8-13-28(27)32-36-38-39-37-32)33(42)41-31(15-11-22-40(30)41)35(20-9-6-10-21-35)34(43)44-24(2)3/h7-8,12-13,16-19,24,31H,4-6,9-11,14-15,20-23H2,1-3H3,(H,36,37,38,39). The third-order valence-corrected chi connectivity index (χ3v) is 9.60. The van der Waals surface area contributed by atoms with Crippen molar-refractivity contribution < 1.29 is 9.53 Å². The molecular weight excluding hydrogens is 552 g/mol. The van der Waals surface area contributed by atoms with Gasteiger partial charge in [-0.3, -0.25) is 14.3 Å². The minimum atomic E-state index is -0.643. The Balaban J connectivity index is 1.37. The molecule has 1 atom stereocenters. The van der Waals surface area contributed by atoms with Crippen molar-refractivity contribution in [2.24, 2.45) is 5.41 Å². The number of rotatable bonds is 10. The lowest BCUT2D eigenvalue weighted by Crippen LogP contribution is -2.49. The Bertz CT molecular complexity index is 1630. The van der Waals surface area contributed by atoms with E-state index in [0.717, 1.165) is 104 Å². The average molecular weight is 597 g/mol. The summed E-state index contributed by atoms with van der Waals surface area (Å²) in [6.07, 6.45) is 9.82. The summed E-state index contributed by atoms with van der Waals surface area (Å²) in [5.74, 6) is 0.507. The predicted molar refractivity (Wildman–Crippen MR) is 170 cm³/mol. The molecule has 0 radical (unpaired) electrons. The number of carbonyl (C=O) groups excluding carboxylic acids is 1. The molecule has 0 saturated heterocycles. The summed E-state index contributed by atoms with van der Waals surface area (Å²) in [6.45, 7) is 6.84. The van der Waals surface area contributed by atoms with Gasteiger partial charge in [-0.25, -0.2) is 9.78 Å². The third-order valence-electron chi connectivity index (χ3n) is 9.60. The van der Waals surface area contributed by atoms with Crippen molar-refractivity contribution in [3.8, 4) is 22.5 Å². The normalized spacial score (nSPS) is 17.9. The van der Waals surface area contributed by atoms with Crippen molar-refractivity contribution in [3.63, 3.8) is 0 Å². The molecule has 1 saturated carbocycles. The number of carbonyl (C=O) groups is 1. The van der Waals surface area contributed by atoms with Gasteiger partial charge in [0.15, 0.2) is 5.82 Å². The smallest absolute Gasteiger partial charge is 0.314 e.